The molecule has 3 fully saturated rings. The van der Waals surface area contributed by atoms with Gasteiger partial charge in [-0.25, -0.2) is 9.59 Å². The van der Waals surface area contributed by atoms with Crippen LogP contribution in [0.3, 0.4) is 0 Å². The lowest BCUT2D eigenvalue weighted by molar-refractivity contribution is -0.147. The van der Waals surface area contributed by atoms with Crippen LogP contribution in [-0.4, -0.2) is 50.7 Å². The number of hydrogen-bond donors (Lipinski definition) is 3. The summed E-state index contributed by atoms with van der Waals surface area (Å²) in [4.78, 5) is 33.5. The molecule has 8 nitrogen and oxygen atoms in total. The van der Waals surface area contributed by atoms with Crippen LogP contribution in [-0.2, 0) is 23.9 Å². The molecule has 0 amide bonds. The number of hydrogen-bond acceptors (Lipinski definition) is 5. The van der Waals surface area contributed by atoms with Gasteiger partial charge < -0.3 is 24.8 Å². The minimum Gasteiger partial charge on any atom is -0.480 e. The summed E-state index contributed by atoms with van der Waals surface area (Å²) in [5.41, 5.74) is -3.16. The molecular weight excluding hydrogens is 296 g/mol. The quantitative estimate of drug-likeness (QED) is 0.473. The van der Waals surface area contributed by atoms with Crippen LogP contribution in [0.2, 0.25) is 0 Å². The summed E-state index contributed by atoms with van der Waals surface area (Å²) in [5.74, 6) is -5.06. The van der Waals surface area contributed by atoms with E-state index in [9.17, 15) is 19.5 Å². The summed E-state index contributed by atoms with van der Waals surface area (Å²) >= 11 is 0. The molecule has 2 saturated heterocycles. The van der Waals surface area contributed by atoms with Crippen molar-refractivity contribution in [2.45, 2.75) is 36.8 Å². The number of aliphatic carboxylic acids is 3. The van der Waals surface area contributed by atoms with E-state index >= 15 is 0 Å². The maximum atomic E-state index is 11.9. The van der Waals surface area contributed by atoms with Crippen molar-refractivity contribution in [1.82, 2.24) is 0 Å². The fourth-order valence-corrected chi connectivity index (χ4v) is 3.49. The predicted octanol–water partition coefficient (Wildman–Crippen LogP) is 0.387. The molecule has 0 aromatic carbocycles. The number of rotatable bonds is 6. The van der Waals surface area contributed by atoms with E-state index in [0.717, 1.165) is 18.6 Å². The van der Waals surface area contributed by atoms with Gasteiger partial charge in [0.25, 0.3) is 0 Å². The van der Waals surface area contributed by atoms with E-state index in [2.05, 4.69) is 0 Å². The molecule has 3 aliphatic rings. The van der Waals surface area contributed by atoms with E-state index in [4.69, 9.17) is 19.7 Å². The van der Waals surface area contributed by atoms with Gasteiger partial charge >= 0.3 is 17.9 Å². The van der Waals surface area contributed by atoms with Crippen molar-refractivity contribution in [2.75, 3.05) is 0 Å². The fourth-order valence-electron chi connectivity index (χ4n) is 3.49. The van der Waals surface area contributed by atoms with E-state index in [1.54, 1.807) is 0 Å². The van der Waals surface area contributed by atoms with Gasteiger partial charge in [0, 0.05) is 12.2 Å². The Kier molecular flexibility index (Phi) is 2.95. The van der Waals surface area contributed by atoms with Crippen molar-refractivity contribution < 1.29 is 39.2 Å². The molecule has 0 aromatic heterocycles. The van der Waals surface area contributed by atoms with Crippen LogP contribution in [0.4, 0.5) is 0 Å². The lowest BCUT2D eigenvalue weighted by Crippen LogP contribution is -2.46. The Hall–Kier alpha value is -2.19. The molecule has 1 saturated carbocycles. The van der Waals surface area contributed by atoms with Crippen LogP contribution < -0.4 is 0 Å². The van der Waals surface area contributed by atoms with Gasteiger partial charge in [0.15, 0.2) is 5.60 Å². The Morgan fingerprint density at radius 2 is 1.68 bits per heavy atom. The monoisotopic (exact) mass is 310 g/mol. The minimum atomic E-state index is -1.90. The Balaban J connectivity index is 2.08. The van der Waals surface area contributed by atoms with Crippen LogP contribution in [0.1, 0.15) is 19.3 Å². The van der Waals surface area contributed by atoms with Crippen molar-refractivity contribution in [3.05, 3.63) is 24.3 Å². The summed E-state index contributed by atoms with van der Waals surface area (Å²) < 4.78 is 11.1. The van der Waals surface area contributed by atoms with Crippen LogP contribution in [0.25, 0.3) is 0 Å². The second-order valence-corrected chi connectivity index (χ2v) is 5.61. The zero-order chi connectivity index (χ0) is 16.2. The highest BCUT2D eigenvalue weighted by Crippen LogP contribution is 2.75. The van der Waals surface area contributed by atoms with Crippen LogP contribution in [0.15, 0.2) is 24.3 Å². The number of carboxylic acids is 3. The van der Waals surface area contributed by atoms with Gasteiger partial charge in [-0.1, -0.05) is 12.2 Å². The summed E-state index contributed by atoms with van der Waals surface area (Å²) in [6, 6.07) is 0. The summed E-state index contributed by atoms with van der Waals surface area (Å²) in [6.07, 6.45) is 4.85. The molecular formula is C14H14O8. The van der Waals surface area contributed by atoms with Crippen LogP contribution in [0.5, 0.6) is 0 Å². The Labute approximate surface area is 124 Å². The first-order valence-electron chi connectivity index (χ1n) is 6.75. The largest absolute Gasteiger partial charge is 0.480 e. The van der Waals surface area contributed by atoms with Gasteiger partial charge in [-0.15, -0.1) is 0 Å². The number of ether oxygens (including phenoxy) is 2. The highest BCUT2D eigenvalue weighted by Gasteiger charge is 2.92. The van der Waals surface area contributed by atoms with Crippen molar-refractivity contribution in [2.24, 2.45) is 5.41 Å². The second kappa shape index (κ2) is 4.40. The van der Waals surface area contributed by atoms with Crippen LogP contribution >= 0.6 is 0 Å². The lowest BCUT2D eigenvalue weighted by Gasteiger charge is -2.30. The molecule has 0 radical (unpaired) electrons. The van der Waals surface area contributed by atoms with Crippen LogP contribution in [0, 0.1) is 5.41 Å². The van der Waals surface area contributed by atoms with Gasteiger partial charge in [0.1, 0.15) is 11.5 Å². The molecule has 2 aliphatic heterocycles. The molecule has 2 heterocycles. The summed E-state index contributed by atoms with van der Waals surface area (Å²) in [7, 11) is 0. The molecule has 1 spiro atoms. The van der Waals surface area contributed by atoms with E-state index < -0.39 is 34.7 Å². The van der Waals surface area contributed by atoms with E-state index in [1.807, 2.05) is 0 Å². The van der Waals surface area contributed by atoms with E-state index in [1.165, 1.54) is 0 Å². The average Bonchev–Trinajstić information content (AvgIpc) is 3.27. The first kappa shape index (κ1) is 14.7. The molecule has 3 N–H and O–H groups in total. The fraction of sp³-hybridized carbons (Fsp3) is 0.500. The third-order valence-electron chi connectivity index (χ3n) is 4.53. The Morgan fingerprint density at radius 1 is 1.09 bits per heavy atom. The number of carbonyl (C=O) groups is 3. The Bertz CT molecular complexity index is 592. The molecule has 118 valence electrons. The zero-order valence-electron chi connectivity index (χ0n) is 11.4. The van der Waals surface area contributed by atoms with Crippen molar-refractivity contribution in [1.29, 1.82) is 0 Å². The topological polar surface area (TPSA) is 137 Å². The molecule has 8 heteroatoms. The zero-order valence-corrected chi connectivity index (χ0v) is 11.4. The average molecular weight is 310 g/mol. The number of epoxide rings is 2. The van der Waals surface area contributed by atoms with Crippen molar-refractivity contribution in [3.8, 4) is 0 Å². The predicted molar refractivity (Wildman–Crippen MR) is 68.9 cm³/mol. The van der Waals surface area contributed by atoms with Gasteiger partial charge in [-0.2, -0.15) is 0 Å². The normalized spacial score (nSPS) is 38.1. The lowest BCUT2D eigenvalue weighted by atomic mass is 9.67. The maximum Gasteiger partial charge on any atom is 0.328 e. The second-order valence-electron chi connectivity index (χ2n) is 5.61. The van der Waals surface area contributed by atoms with Gasteiger partial charge in [-0.3, -0.25) is 4.79 Å². The molecule has 3 atom stereocenters. The number of carboxylic acid groups (broad SMARTS) is 3. The maximum absolute atomic E-state index is 11.9. The van der Waals surface area contributed by atoms with Gasteiger partial charge in [-0.05, 0) is 19.3 Å². The minimum absolute atomic E-state index is 0.212. The molecule has 3 unspecified atom stereocenters. The standard InChI is InChI=1S/C14H14O8/c15-9(16)3-6-12(11(19)20,7-4-10(17)18)13-5-1-2-8-14(13,21-8)22-13/h3-4,6-8H,1-2,5H2,(H,15,16)(H,17,18)(H,19,20). The van der Waals surface area contributed by atoms with Crippen molar-refractivity contribution >= 4 is 17.9 Å². The highest BCUT2D eigenvalue weighted by atomic mass is 16.9. The Morgan fingerprint density at radius 3 is 2.18 bits per heavy atom. The summed E-state index contributed by atoms with van der Waals surface area (Å²) in [6.45, 7) is 0. The van der Waals surface area contributed by atoms with Gasteiger partial charge in [0.05, 0.1) is 0 Å². The first-order valence-corrected chi connectivity index (χ1v) is 6.75. The molecule has 22 heavy (non-hydrogen) atoms. The van der Waals surface area contributed by atoms with E-state index in [0.29, 0.717) is 25.0 Å². The smallest absolute Gasteiger partial charge is 0.328 e. The highest BCUT2D eigenvalue weighted by molar-refractivity contribution is 5.89. The third kappa shape index (κ3) is 1.74. The van der Waals surface area contributed by atoms with Gasteiger partial charge in [0.2, 0.25) is 5.79 Å². The molecule has 3 rings (SSSR count). The molecule has 0 aromatic rings. The third-order valence-corrected chi connectivity index (χ3v) is 4.53. The first-order chi connectivity index (χ1) is 10.3. The van der Waals surface area contributed by atoms with Crippen molar-refractivity contribution in [3.63, 3.8) is 0 Å². The van der Waals surface area contributed by atoms with E-state index in [-0.39, 0.29) is 6.10 Å². The molecule has 0 bridgehead atoms. The summed E-state index contributed by atoms with van der Waals surface area (Å²) in [5, 5.41) is 27.3. The molecule has 1 aliphatic carbocycles. The SMILES string of the molecule is O=C(O)C=CC(C=CC(=O)O)(C(=O)O)C12CCCC3OC31O2.